The third-order valence-electron chi connectivity index (χ3n) is 7.31. The molecule has 30 heavy (non-hydrogen) atoms. The van der Waals surface area contributed by atoms with E-state index in [0.29, 0.717) is 5.92 Å². The second kappa shape index (κ2) is 9.14. The van der Waals surface area contributed by atoms with Crippen molar-refractivity contribution in [1.29, 1.82) is 0 Å². The molecule has 1 aromatic carbocycles. The number of fused-ring (bicyclic) bond motifs is 1. The van der Waals surface area contributed by atoms with Gasteiger partial charge >= 0.3 is 0 Å². The Morgan fingerprint density at radius 3 is 2.53 bits per heavy atom. The van der Waals surface area contributed by atoms with E-state index >= 15 is 0 Å². The Hall–Kier alpha value is -1.80. The van der Waals surface area contributed by atoms with Crippen LogP contribution in [0.5, 0.6) is 0 Å². The van der Waals surface area contributed by atoms with Crippen LogP contribution in [0, 0.1) is 11.3 Å². The average molecular weight is 405 g/mol. The molecular weight excluding hydrogens is 364 g/mol. The third-order valence-corrected chi connectivity index (χ3v) is 7.31. The van der Waals surface area contributed by atoms with E-state index in [1.165, 1.54) is 67.2 Å². The second-order valence-electron chi connectivity index (χ2n) is 10.6. The molecule has 2 heterocycles. The third kappa shape index (κ3) is 4.91. The Balaban J connectivity index is 1.37. The van der Waals surface area contributed by atoms with Gasteiger partial charge in [0.15, 0.2) is 0 Å². The fraction of sp³-hybridized carbons (Fsp3) is 0.571. The van der Waals surface area contributed by atoms with Gasteiger partial charge in [0.05, 0.1) is 0 Å². The molecule has 0 N–H and O–H groups in total. The first-order valence-corrected chi connectivity index (χ1v) is 12.1. The number of aromatic nitrogens is 1. The van der Waals surface area contributed by atoms with Gasteiger partial charge in [-0.2, -0.15) is 0 Å². The van der Waals surface area contributed by atoms with Crippen molar-refractivity contribution in [2.24, 2.45) is 11.3 Å². The number of benzene rings is 1. The summed E-state index contributed by atoms with van der Waals surface area (Å²) in [5.41, 5.74) is 4.60. The van der Waals surface area contributed by atoms with Crippen LogP contribution in [0.4, 0.5) is 0 Å². The smallest absolute Gasteiger partial charge is 0.0483 e. The molecule has 1 fully saturated rings. The van der Waals surface area contributed by atoms with Crippen LogP contribution >= 0.6 is 0 Å². The molecule has 0 saturated carbocycles. The average Bonchev–Trinajstić information content (AvgIpc) is 3.15. The standard InChI is InChI=1S/C28H40N2/c1-28(2,3)24-13-11-23(12-14-24)25-9-7-10-27-26(25)17-21-30(27)18-6-5-8-22-15-19-29(4)20-16-22/h7,9-11,13-14,17,21-23H,5-6,8,12,15-16,18-20H2,1-4H3. The maximum absolute atomic E-state index is 2.48. The highest BCUT2D eigenvalue weighted by atomic mass is 15.1. The van der Waals surface area contributed by atoms with Crippen molar-refractivity contribution >= 4 is 10.9 Å². The maximum atomic E-state index is 2.48. The summed E-state index contributed by atoms with van der Waals surface area (Å²) in [6.45, 7) is 10.6. The summed E-state index contributed by atoms with van der Waals surface area (Å²) in [4.78, 5) is 2.47. The molecule has 162 valence electrons. The Morgan fingerprint density at radius 2 is 1.83 bits per heavy atom. The molecule has 1 unspecified atom stereocenters. The minimum Gasteiger partial charge on any atom is -0.347 e. The Morgan fingerprint density at radius 1 is 1.03 bits per heavy atom. The second-order valence-corrected chi connectivity index (χ2v) is 10.6. The molecule has 0 amide bonds. The van der Waals surface area contributed by atoms with Crippen LogP contribution in [0.3, 0.4) is 0 Å². The molecule has 2 nitrogen and oxygen atoms in total. The number of nitrogens with zero attached hydrogens (tertiary/aromatic N) is 2. The molecule has 0 radical (unpaired) electrons. The van der Waals surface area contributed by atoms with E-state index in [2.05, 4.69) is 86.0 Å². The summed E-state index contributed by atoms with van der Waals surface area (Å²) >= 11 is 0. The Kier molecular flexibility index (Phi) is 6.53. The normalized spacial score (nSPS) is 21.3. The van der Waals surface area contributed by atoms with Gasteiger partial charge in [-0.15, -0.1) is 0 Å². The summed E-state index contributed by atoms with van der Waals surface area (Å²) < 4.78 is 2.48. The van der Waals surface area contributed by atoms with Gasteiger partial charge in [0.1, 0.15) is 0 Å². The van der Waals surface area contributed by atoms with Crippen LogP contribution in [-0.2, 0) is 6.54 Å². The number of piperidine rings is 1. The minimum atomic E-state index is 0.240. The van der Waals surface area contributed by atoms with Crippen molar-refractivity contribution in [3.05, 3.63) is 59.8 Å². The minimum absolute atomic E-state index is 0.240. The Bertz CT molecular complexity index is 900. The van der Waals surface area contributed by atoms with Crippen LogP contribution in [0.2, 0.25) is 0 Å². The highest BCUT2D eigenvalue weighted by Crippen LogP contribution is 2.37. The fourth-order valence-electron chi connectivity index (χ4n) is 5.24. The van der Waals surface area contributed by atoms with E-state index in [0.717, 1.165) is 18.9 Å². The summed E-state index contributed by atoms with van der Waals surface area (Å²) in [6, 6.07) is 9.23. The molecule has 1 aromatic heterocycles. The summed E-state index contributed by atoms with van der Waals surface area (Å²) in [7, 11) is 2.25. The van der Waals surface area contributed by atoms with Crippen molar-refractivity contribution in [2.45, 2.75) is 71.8 Å². The van der Waals surface area contributed by atoms with E-state index in [-0.39, 0.29) is 5.41 Å². The number of allylic oxidation sites excluding steroid dienone is 4. The van der Waals surface area contributed by atoms with Crippen LogP contribution in [0.1, 0.15) is 70.8 Å². The summed E-state index contributed by atoms with van der Waals surface area (Å²) in [5.74, 6) is 1.46. The van der Waals surface area contributed by atoms with Gasteiger partial charge in [-0.3, -0.25) is 0 Å². The molecule has 0 spiro atoms. The lowest BCUT2D eigenvalue weighted by Gasteiger charge is -2.28. The molecule has 0 bridgehead atoms. The van der Waals surface area contributed by atoms with Crippen molar-refractivity contribution in [1.82, 2.24) is 9.47 Å². The van der Waals surface area contributed by atoms with Crippen molar-refractivity contribution in [2.75, 3.05) is 20.1 Å². The first-order valence-electron chi connectivity index (χ1n) is 12.1. The lowest BCUT2D eigenvalue weighted by molar-refractivity contribution is 0.209. The lowest BCUT2D eigenvalue weighted by Crippen LogP contribution is -2.30. The zero-order chi connectivity index (χ0) is 21.1. The number of likely N-dealkylation sites (tertiary alicyclic amines) is 1. The summed E-state index contributed by atoms with van der Waals surface area (Å²) in [6.07, 6.45) is 17.5. The number of unbranched alkanes of at least 4 members (excludes halogenated alkanes) is 1. The topological polar surface area (TPSA) is 8.17 Å². The van der Waals surface area contributed by atoms with E-state index in [1.54, 1.807) is 0 Å². The van der Waals surface area contributed by atoms with Crippen LogP contribution in [0.15, 0.2) is 54.3 Å². The molecule has 4 rings (SSSR count). The van der Waals surface area contributed by atoms with Crippen molar-refractivity contribution in [3.63, 3.8) is 0 Å². The van der Waals surface area contributed by atoms with E-state index in [1.807, 2.05) is 0 Å². The van der Waals surface area contributed by atoms with Gasteiger partial charge in [-0.05, 0) is 80.4 Å². The first kappa shape index (κ1) is 21.4. The van der Waals surface area contributed by atoms with Gasteiger partial charge in [-0.1, -0.05) is 64.0 Å². The number of hydrogen-bond acceptors (Lipinski definition) is 1. The van der Waals surface area contributed by atoms with Crippen molar-refractivity contribution < 1.29 is 0 Å². The van der Waals surface area contributed by atoms with Crippen LogP contribution < -0.4 is 0 Å². The van der Waals surface area contributed by atoms with E-state index < -0.39 is 0 Å². The predicted octanol–water partition coefficient (Wildman–Crippen LogP) is 7.17. The zero-order valence-corrected chi connectivity index (χ0v) is 19.5. The van der Waals surface area contributed by atoms with Gasteiger partial charge in [0.2, 0.25) is 0 Å². The maximum Gasteiger partial charge on any atom is 0.0483 e. The SMILES string of the molecule is CN1CCC(CCCCn2ccc3c(C4C=CC(C(C)(C)C)=CC4)cccc32)CC1. The lowest BCUT2D eigenvalue weighted by atomic mass is 9.80. The highest BCUT2D eigenvalue weighted by Gasteiger charge is 2.21. The first-order chi connectivity index (χ1) is 14.4. The molecule has 1 saturated heterocycles. The van der Waals surface area contributed by atoms with E-state index in [4.69, 9.17) is 0 Å². The van der Waals surface area contributed by atoms with Crippen LogP contribution in [0.25, 0.3) is 10.9 Å². The molecular formula is C28H40N2. The number of rotatable bonds is 6. The molecule has 2 heteroatoms. The molecule has 2 aliphatic rings. The van der Waals surface area contributed by atoms with Gasteiger partial charge in [0, 0.05) is 29.6 Å². The molecule has 1 atom stereocenters. The quantitative estimate of drug-likeness (QED) is 0.463. The summed E-state index contributed by atoms with van der Waals surface area (Å²) in [5, 5.41) is 1.44. The van der Waals surface area contributed by atoms with Crippen LogP contribution in [-0.4, -0.2) is 29.6 Å². The predicted molar refractivity (Wildman–Crippen MR) is 130 cm³/mol. The monoisotopic (exact) mass is 404 g/mol. The Labute approximate surface area is 183 Å². The largest absolute Gasteiger partial charge is 0.347 e. The highest BCUT2D eigenvalue weighted by molar-refractivity contribution is 5.84. The number of aryl methyl sites for hydroxylation is 1. The zero-order valence-electron chi connectivity index (χ0n) is 19.5. The van der Waals surface area contributed by atoms with E-state index in [9.17, 15) is 0 Å². The van der Waals surface area contributed by atoms with Crippen molar-refractivity contribution in [3.8, 4) is 0 Å². The van der Waals surface area contributed by atoms with Gasteiger partial charge < -0.3 is 9.47 Å². The molecule has 2 aromatic rings. The van der Waals surface area contributed by atoms with Gasteiger partial charge in [-0.25, -0.2) is 0 Å². The fourth-order valence-corrected chi connectivity index (χ4v) is 5.24. The molecule has 1 aliphatic heterocycles. The molecule has 1 aliphatic carbocycles. The number of hydrogen-bond donors (Lipinski definition) is 0. The van der Waals surface area contributed by atoms with Gasteiger partial charge in [0.25, 0.3) is 0 Å².